The molecular weight excluding hydrogens is 424 g/mol. The molecule has 0 fully saturated rings. The lowest BCUT2D eigenvalue weighted by atomic mass is 10.0. The quantitative estimate of drug-likeness (QED) is 0.484. The van der Waals surface area contributed by atoms with Gasteiger partial charge in [0.05, 0.1) is 17.4 Å². The first-order chi connectivity index (χ1) is 15.4. The molecule has 6 heteroatoms. The van der Waals surface area contributed by atoms with E-state index in [2.05, 4.69) is 5.32 Å². The number of halogens is 1. The summed E-state index contributed by atoms with van der Waals surface area (Å²) in [7, 11) is 0. The van der Waals surface area contributed by atoms with Crippen LogP contribution in [-0.4, -0.2) is 17.9 Å². The van der Waals surface area contributed by atoms with Gasteiger partial charge in [0.25, 0.3) is 11.8 Å². The number of ether oxygens (including phenoxy) is 1. The van der Waals surface area contributed by atoms with Gasteiger partial charge in [-0.25, -0.2) is 4.90 Å². The van der Waals surface area contributed by atoms with E-state index in [4.69, 9.17) is 16.3 Å². The highest BCUT2D eigenvalue weighted by molar-refractivity contribution is 6.46. The van der Waals surface area contributed by atoms with E-state index in [1.165, 1.54) is 4.90 Å². The number of aryl methyl sites for hydroxylation is 1. The number of benzene rings is 3. The normalized spacial score (nSPS) is 13.8. The highest BCUT2D eigenvalue weighted by atomic mass is 35.5. The maximum Gasteiger partial charge on any atom is 0.282 e. The predicted molar refractivity (Wildman–Crippen MR) is 128 cm³/mol. The SMILES string of the molecule is Cc1cc(Cl)ccc1NC1=C(c2ccccc2)C(=O)N(c2ccccc2OC(C)C)C1=O. The highest BCUT2D eigenvalue weighted by Crippen LogP contribution is 2.38. The van der Waals surface area contributed by atoms with Crippen LogP contribution < -0.4 is 15.0 Å². The van der Waals surface area contributed by atoms with Crippen molar-refractivity contribution in [2.75, 3.05) is 10.2 Å². The summed E-state index contributed by atoms with van der Waals surface area (Å²) in [6.45, 7) is 5.68. The summed E-state index contributed by atoms with van der Waals surface area (Å²) in [5.74, 6) is -0.376. The van der Waals surface area contributed by atoms with Crippen molar-refractivity contribution < 1.29 is 14.3 Å². The van der Waals surface area contributed by atoms with E-state index in [1.54, 1.807) is 36.4 Å². The molecule has 1 heterocycles. The van der Waals surface area contributed by atoms with Crippen molar-refractivity contribution in [2.24, 2.45) is 0 Å². The Kier molecular flexibility index (Phi) is 6.01. The molecule has 4 rings (SSSR count). The van der Waals surface area contributed by atoms with Gasteiger partial charge >= 0.3 is 0 Å². The molecule has 1 N–H and O–H groups in total. The van der Waals surface area contributed by atoms with E-state index in [0.717, 1.165) is 5.56 Å². The van der Waals surface area contributed by atoms with E-state index in [1.807, 2.05) is 57.2 Å². The van der Waals surface area contributed by atoms with Crippen molar-refractivity contribution in [3.8, 4) is 5.75 Å². The van der Waals surface area contributed by atoms with Crippen LogP contribution in [0, 0.1) is 6.92 Å². The van der Waals surface area contributed by atoms with Crippen LogP contribution in [0.25, 0.3) is 5.57 Å². The third kappa shape index (κ3) is 4.12. The first kappa shape index (κ1) is 21.7. The van der Waals surface area contributed by atoms with Gasteiger partial charge in [0.1, 0.15) is 11.4 Å². The molecule has 0 saturated heterocycles. The number of hydrogen-bond donors (Lipinski definition) is 1. The van der Waals surface area contributed by atoms with Crippen molar-refractivity contribution >= 4 is 40.4 Å². The summed E-state index contributed by atoms with van der Waals surface area (Å²) < 4.78 is 5.88. The standard InChI is InChI=1S/C26H23ClN2O3/c1-16(2)32-22-12-8-7-11-21(22)29-25(30)23(18-9-5-4-6-10-18)24(26(29)31)28-20-14-13-19(27)15-17(20)3/h4-16,28H,1-3H3. The smallest absolute Gasteiger partial charge is 0.282 e. The van der Waals surface area contributed by atoms with Crippen LogP contribution in [0.5, 0.6) is 5.75 Å². The van der Waals surface area contributed by atoms with Crippen LogP contribution in [0.2, 0.25) is 5.02 Å². The van der Waals surface area contributed by atoms with Crippen molar-refractivity contribution in [2.45, 2.75) is 26.9 Å². The summed E-state index contributed by atoms with van der Waals surface area (Å²) >= 11 is 6.09. The van der Waals surface area contributed by atoms with Crippen LogP contribution in [0.3, 0.4) is 0 Å². The molecule has 0 spiro atoms. The maximum atomic E-state index is 13.6. The molecule has 0 saturated carbocycles. The fraction of sp³-hybridized carbons (Fsp3) is 0.154. The van der Waals surface area contributed by atoms with Gasteiger partial charge in [0.2, 0.25) is 0 Å². The summed E-state index contributed by atoms with van der Waals surface area (Å²) in [5, 5.41) is 3.79. The predicted octanol–water partition coefficient (Wildman–Crippen LogP) is 5.83. The Morgan fingerprint density at radius 3 is 2.28 bits per heavy atom. The topological polar surface area (TPSA) is 58.6 Å². The maximum absolute atomic E-state index is 13.6. The molecule has 3 aromatic carbocycles. The second-order valence-electron chi connectivity index (χ2n) is 7.78. The van der Waals surface area contributed by atoms with Crippen LogP contribution in [-0.2, 0) is 9.59 Å². The number of rotatable bonds is 6. The van der Waals surface area contributed by atoms with Gasteiger partial charge in [-0.1, -0.05) is 54.1 Å². The van der Waals surface area contributed by atoms with Crippen molar-refractivity contribution in [1.29, 1.82) is 0 Å². The molecule has 0 bridgehead atoms. The Balaban J connectivity index is 1.83. The summed E-state index contributed by atoms with van der Waals surface area (Å²) in [5.41, 5.74) is 3.15. The molecular formula is C26H23ClN2O3. The van der Waals surface area contributed by atoms with Gasteiger partial charge in [-0.2, -0.15) is 0 Å². The lowest BCUT2D eigenvalue weighted by Gasteiger charge is -2.20. The molecule has 162 valence electrons. The molecule has 0 unspecified atom stereocenters. The van der Waals surface area contributed by atoms with E-state index in [-0.39, 0.29) is 11.8 Å². The number of amides is 2. The lowest BCUT2D eigenvalue weighted by molar-refractivity contribution is -0.120. The lowest BCUT2D eigenvalue weighted by Crippen LogP contribution is -2.33. The van der Waals surface area contributed by atoms with Gasteiger partial charge in [0.15, 0.2) is 0 Å². The van der Waals surface area contributed by atoms with Gasteiger partial charge in [-0.3, -0.25) is 9.59 Å². The first-order valence-electron chi connectivity index (χ1n) is 10.3. The number of carbonyl (C=O) groups is 2. The molecule has 0 radical (unpaired) electrons. The Labute approximate surface area is 192 Å². The Hall–Kier alpha value is -3.57. The number of anilines is 2. The van der Waals surface area contributed by atoms with Crippen LogP contribution >= 0.6 is 11.6 Å². The number of nitrogens with one attached hydrogen (secondary N) is 1. The fourth-order valence-corrected chi connectivity index (χ4v) is 3.86. The third-order valence-corrected chi connectivity index (χ3v) is 5.30. The van der Waals surface area contributed by atoms with Crippen LogP contribution in [0.15, 0.2) is 78.5 Å². The van der Waals surface area contributed by atoms with Crippen LogP contribution in [0.4, 0.5) is 11.4 Å². The van der Waals surface area contributed by atoms with Crippen molar-refractivity contribution in [3.63, 3.8) is 0 Å². The molecule has 0 atom stereocenters. The largest absolute Gasteiger partial charge is 0.489 e. The average molecular weight is 447 g/mol. The zero-order valence-electron chi connectivity index (χ0n) is 18.1. The zero-order chi connectivity index (χ0) is 22.8. The minimum Gasteiger partial charge on any atom is -0.489 e. The summed E-state index contributed by atoms with van der Waals surface area (Å²) in [6.07, 6.45) is -0.111. The fourth-order valence-electron chi connectivity index (χ4n) is 3.63. The van der Waals surface area contributed by atoms with Gasteiger partial charge < -0.3 is 10.1 Å². The molecule has 1 aliphatic heterocycles. The molecule has 32 heavy (non-hydrogen) atoms. The molecule has 3 aromatic rings. The third-order valence-electron chi connectivity index (χ3n) is 5.06. The molecule has 2 amide bonds. The van der Waals surface area contributed by atoms with E-state index < -0.39 is 11.8 Å². The van der Waals surface area contributed by atoms with E-state index in [9.17, 15) is 9.59 Å². The first-order valence-corrected chi connectivity index (χ1v) is 10.7. The number of carbonyl (C=O) groups excluding carboxylic acids is 2. The molecule has 1 aliphatic rings. The average Bonchev–Trinajstić information content (AvgIpc) is 3.00. The Morgan fingerprint density at radius 1 is 0.906 bits per heavy atom. The Bertz CT molecular complexity index is 1220. The monoisotopic (exact) mass is 446 g/mol. The number of hydrogen-bond acceptors (Lipinski definition) is 4. The highest BCUT2D eigenvalue weighted by Gasteiger charge is 2.41. The molecule has 5 nitrogen and oxygen atoms in total. The molecule has 0 aliphatic carbocycles. The van der Waals surface area contributed by atoms with Gasteiger partial charge in [-0.15, -0.1) is 0 Å². The van der Waals surface area contributed by atoms with Gasteiger partial charge in [-0.05, 0) is 62.2 Å². The zero-order valence-corrected chi connectivity index (χ0v) is 18.8. The summed E-state index contributed by atoms with van der Waals surface area (Å²) in [6, 6.07) is 21.6. The summed E-state index contributed by atoms with van der Waals surface area (Å²) in [4.78, 5) is 28.4. The van der Waals surface area contributed by atoms with Crippen LogP contribution in [0.1, 0.15) is 25.0 Å². The van der Waals surface area contributed by atoms with Gasteiger partial charge in [0, 0.05) is 10.7 Å². The minimum atomic E-state index is -0.442. The Morgan fingerprint density at radius 2 is 1.59 bits per heavy atom. The van der Waals surface area contributed by atoms with E-state index in [0.29, 0.717) is 33.3 Å². The van der Waals surface area contributed by atoms with Crippen molar-refractivity contribution in [1.82, 2.24) is 0 Å². The molecule has 0 aromatic heterocycles. The van der Waals surface area contributed by atoms with Crippen molar-refractivity contribution in [3.05, 3.63) is 94.6 Å². The second-order valence-corrected chi connectivity index (χ2v) is 8.22. The number of para-hydroxylation sites is 2. The number of nitrogens with zero attached hydrogens (tertiary/aromatic N) is 1. The second kappa shape index (κ2) is 8.89. The van der Waals surface area contributed by atoms with E-state index >= 15 is 0 Å². The minimum absolute atomic E-state index is 0.111. The number of imide groups is 1.